The van der Waals surface area contributed by atoms with Crippen LogP contribution in [0.15, 0.2) is 49.7 Å². The fraction of sp³-hybridized carbons (Fsp3) is 0.333. The summed E-state index contributed by atoms with van der Waals surface area (Å²) < 4.78 is 5.59. The summed E-state index contributed by atoms with van der Waals surface area (Å²) in [5, 5.41) is 1.25. The highest BCUT2D eigenvalue weighted by Crippen LogP contribution is 2.24. The van der Waals surface area contributed by atoms with Crippen LogP contribution in [0.4, 0.5) is 0 Å². The van der Waals surface area contributed by atoms with Crippen molar-refractivity contribution < 1.29 is 4.74 Å². The van der Waals surface area contributed by atoms with E-state index in [1.807, 2.05) is 25.1 Å². The van der Waals surface area contributed by atoms with Crippen LogP contribution >= 0.6 is 0 Å². The molecule has 112 valence electrons. The number of fused-ring (bicyclic) bond motifs is 1. The van der Waals surface area contributed by atoms with Gasteiger partial charge in [-0.05, 0) is 37.1 Å². The molecule has 0 fully saturated rings. The fourth-order valence-electron chi connectivity index (χ4n) is 2.52. The van der Waals surface area contributed by atoms with Crippen LogP contribution in [0.1, 0.15) is 12.5 Å². The van der Waals surface area contributed by atoms with Gasteiger partial charge in [-0.25, -0.2) is 0 Å². The molecule has 3 nitrogen and oxygen atoms in total. The highest BCUT2D eigenvalue weighted by atomic mass is 16.5. The minimum Gasteiger partial charge on any atom is -0.494 e. The van der Waals surface area contributed by atoms with Crippen LogP contribution in [-0.2, 0) is 6.42 Å². The molecule has 0 amide bonds. The standard InChI is InChI=1S/C18H24N2O/c1-4-10-20(11-5-2)12-9-15-14-19-18-8-7-16(21-6-3)13-17(15)18/h4-5,7-8,13-14,19H,1-2,6,9-12H2,3H3. The summed E-state index contributed by atoms with van der Waals surface area (Å²) >= 11 is 0. The Bertz CT molecular complexity index is 590. The first-order valence-electron chi connectivity index (χ1n) is 7.45. The van der Waals surface area contributed by atoms with Crippen molar-refractivity contribution in [1.82, 2.24) is 9.88 Å². The summed E-state index contributed by atoms with van der Waals surface area (Å²) in [6.45, 7) is 13.1. The van der Waals surface area contributed by atoms with Gasteiger partial charge in [-0.1, -0.05) is 12.2 Å². The number of nitrogens with zero attached hydrogens (tertiary/aromatic N) is 1. The largest absolute Gasteiger partial charge is 0.494 e. The lowest BCUT2D eigenvalue weighted by Crippen LogP contribution is -2.26. The van der Waals surface area contributed by atoms with E-state index in [-0.39, 0.29) is 0 Å². The lowest BCUT2D eigenvalue weighted by Gasteiger charge is -2.18. The smallest absolute Gasteiger partial charge is 0.120 e. The molecule has 0 aliphatic heterocycles. The van der Waals surface area contributed by atoms with Gasteiger partial charge in [-0.15, -0.1) is 13.2 Å². The van der Waals surface area contributed by atoms with Crippen molar-refractivity contribution in [2.24, 2.45) is 0 Å². The number of rotatable bonds is 9. The molecule has 21 heavy (non-hydrogen) atoms. The Labute approximate surface area is 126 Å². The average Bonchev–Trinajstić information content (AvgIpc) is 2.88. The van der Waals surface area contributed by atoms with Gasteiger partial charge in [0.15, 0.2) is 0 Å². The fourth-order valence-corrected chi connectivity index (χ4v) is 2.52. The minimum atomic E-state index is 0.692. The predicted molar refractivity (Wildman–Crippen MR) is 90.0 cm³/mol. The Morgan fingerprint density at radius 1 is 1.24 bits per heavy atom. The van der Waals surface area contributed by atoms with Crippen molar-refractivity contribution >= 4 is 10.9 Å². The molecule has 0 saturated heterocycles. The summed E-state index contributed by atoms with van der Waals surface area (Å²) in [6, 6.07) is 6.21. The molecule has 1 heterocycles. The Kier molecular flexibility index (Phi) is 5.64. The van der Waals surface area contributed by atoms with E-state index < -0.39 is 0 Å². The lowest BCUT2D eigenvalue weighted by molar-refractivity contribution is 0.339. The van der Waals surface area contributed by atoms with Crippen LogP contribution in [0.5, 0.6) is 5.75 Å². The normalized spacial score (nSPS) is 11.0. The van der Waals surface area contributed by atoms with Gasteiger partial charge in [-0.3, -0.25) is 4.90 Å². The molecule has 3 heteroatoms. The molecule has 2 aromatic rings. The monoisotopic (exact) mass is 284 g/mol. The zero-order valence-corrected chi connectivity index (χ0v) is 12.8. The van der Waals surface area contributed by atoms with Gasteiger partial charge < -0.3 is 9.72 Å². The van der Waals surface area contributed by atoms with E-state index in [4.69, 9.17) is 4.74 Å². The number of aromatic amines is 1. The van der Waals surface area contributed by atoms with Crippen LogP contribution < -0.4 is 4.74 Å². The summed E-state index contributed by atoms with van der Waals surface area (Å²) in [5.74, 6) is 0.930. The van der Waals surface area contributed by atoms with Crippen molar-refractivity contribution in [1.29, 1.82) is 0 Å². The Hall–Kier alpha value is -2.00. The first-order chi connectivity index (χ1) is 10.3. The van der Waals surface area contributed by atoms with E-state index in [9.17, 15) is 0 Å². The van der Waals surface area contributed by atoms with Crippen molar-refractivity contribution in [2.75, 3.05) is 26.2 Å². The molecule has 2 rings (SSSR count). The molecular formula is C18H24N2O. The molecule has 0 aliphatic rings. The van der Waals surface area contributed by atoms with Crippen LogP contribution in [0, 0.1) is 0 Å². The lowest BCUT2D eigenvalue weighted by atomic mass is 10.1. The maximum atomic E-state index is 5.59. The van der Waals surface area contributed by atoms with Gasteiger partial charge in [0.2, 0.25) is 0 Å². The number of H-pyrrole nitrogens is 1. The first-order valence-corrected chi connectivity index (χ1v) is 7.45. The molecule has 0 bridgehead atoms. The highest BCUT2D eigenvalue weighted by Gasteiger charge is 2.07. The quantitative estimate of drug-likeness (QED) is 0.710. The van der Waals surface area contributed by atoms with E-state index in [0.717, 1.165) is 37.3 Å². The number of benzene rings is 1. The third kappa shape index (κ3) is 3.99. The zero-order chi connectivity index (χ0) is 15.1. The van der Waals surface area contributed by atoms with E-state index in [0.29, 0.717) is 6.61 Å². The van der Waals surface area contributed by atoms with E-state index >= 15 is 0 Å². The number of aromatic nitrogens is 1. The van der Waals surface area contributed by atoms with Gasteiger partial charge in [0.1, 0.15) is 5.75 Å². The molecule has 1 N–H and O–H groups in total. The Morgan fingerprint density at radius 3 is 2.67 bits per heavy atom. The van der Waals surface area contributed by atoms with Crippen LogP contribution in [0.2, 0.25) is 0 Å². The molecule has 0 spiro atoms. The molecule has 0 atom stereocenters. The van der Waals surface area contributed by atoms with Gasteiger partial charge in [-0.2, -0.15) is 0 Å². The van der Waals surface area contributed by atoms with Crippen LogP contribution in [0.3, 0.4) is 0 Å². The maximum absolute atomic E-state index is 5.59. The number of ether oxygens (including phenoxy) is 1. The van der Waals surface area contributed by atoms with Gasteiger partial charge in [0.25, 0.3) is 0 Å². The third-order valence-electron chi connectivity index (χ3n) is 3.52. The highest BCUT2D eigenvalue weighted by molar-refractivity contribution is 5.84. The van der Waals surface area contributed by atoms with Crippen LogP contribution in [-0.4, -0.2) is 36.1 Å². The van der Waals surface area contributed by atoms with Crippen molar-refractivity contribution in [3.8, 4) is 5.75 Å². The Morgan fingerprint density at radius 2 is 2.00 bits per heavy atom. The molecule has 0 saturated carbocycles. The van der Waals surface area contributed by atoms with Crippen LogP contribution in [0.25, 0.3) is 10.9 Å². The predicted octanol–water partition coefficient (Wildman–Crippen LogP) is 3.78. The molecule has 0 unspecified atom stereocenters. The topological polar surface area (TPSA) is 28.3 Å². The van der Waals surface area contributed by atoms with E-state index in [1.54, 1.807) is 0 Å². The maximum Gasteiger partial charge on any atom is 0.120 e. The summed E-state index contributed by atoms with van der Waals surface area (Å²) in [7, 11) is 0. The molecule has 1 aromatic heterocycles. The van der Waals surface area contributed by atoms with E-state index in [1.165, 1.54) is 10.9 Å². The van der Waals surface area contributed by atoms with Crippen molar-refractivity contribution in [3.05, 3.63) is 55.3 Å². The van der Waals surface area contributed by atoms with Gasteiger partial charge in [0, 0.05) is 36.7 Å². The molecule has 0 aliphatic carbocycles. The Balaban J connectivity index is 2.11. The van der Waals surface area contributed by atoms with Crippen molar-refractivity contribution in [2.45, 2.75) is 13.3 Å². The second-order valence-corrected chi connectivity index (χ2v) is 5.04. The SMILES string of the molecule is C=CCN(CC=C)CCc1c[nH]c2ccc(OCC)cc12. The number of nitrogens with one attached hydrogen (secondary N) is 1. The number of hydrogen-bond donors (Lipinski definition) is 1. The summed E-state index contributed by atoms with van der Waals surface area (Å²) in [6.07, 6.45) is 6.97. The zero-order valence-electron chi connectivity index (χ0n) is 12.8. The summed E-state index contributed by atoms with van der Waals surface area (Å²) in [4.78, 5) is 5.66. The van der Waals surface area contributed by atoms with Gasteiger partial charge >= 0.3 is 0 Å². The minimum absolute atomic E-state index is 0.692. The molecular weight excluding hydrogens is 260 g/mol. The molecule has 1 aromatic carbocycles. The molecule has 0 radical (unpaired) electrons. The van der Waals surface area contributed by atoms with Gasteiger partial charge in [0.05, 0.1) is 6.61 Å². The average molecular weight is 284 g/mol. The van der Waals surface area contributed by atoms with Crippen molar-refractivity contribution in [3.63, 3.8) is 0 Å². The van der Waals surface area contributed by atoms with E-state index in [2.05, 4.69) is 41.4 Å². The summed E-state index contributed by atoms with van der Waals surface area (Å²) in [5.41, 5.74) is 2.48. The third-order valence-corrected chi connectivity index (χ3v) is 3.52. The second kappa shape index (κ2) is 7.70. The second-order valence-electron chi connectivity index (χ2n) is 5.04. The first kappa shape index (κ1) is 15.4. The number of hydrogen-bond acceptors (Lipinski definition) is 2.